The molecule has 1 amide bonds. The standard InChI is InChI=1S/C12H14N4OS/c1-8(11(13)18)6-14-12(17)9-7-15-16-5-3-2-4-10(9)16/h2-5,7-8H,6H2,1H3,(H2,13,18)(H,14,17). The van der Waals surface area contributed by atoms with Gasteiger partial charge in [0.1, 0.15) is 0 Å². The van der Waals surface area contributed by atoms with Gasteiger partial charge in [-0.2, -0.15) is 5.10 Å². The summed E-state index contributed by atoms with van der Waals surface area (Å²) in [5, 5.41) is 6.91. The summed E-state index contributed by atoms with van der Waals surface area (Å²) >= 11 is 4.86. The third-order valence-electron chi connectivity index (χ3n) is 2.73. The maximum absolute atomic E-state index is 12.0. The van der Waals surface area contributed by atoms with Crippen molar-refractivity contribution in [3.8, 4) is 0 Å². The first kappa shape index (κ1) is 12.5. The van der Waals surface area contributed by atoms with Gasteiger partial charge in [-0.05, 0) is 12.1 Å². The highest BCUT2D eigenvalue weighted by atomic mass is 32.1. The van der Waals surface area contributed by atoms with Crippen LogP contribution in [0.25, 0.3) is 5.52 Å². The summed E-state index contributed by atoms with van der Waals surface area (Å²) in [7, 11) is 0. The van der Waals surface area contributed by atoms with Crippen LogP contribution in [0.1, 0.15) is 17.3 Å². The molecule has 0 saturated heterocycles. The van der Waals surface area contributed by atoms with Gasteiger partial charge in [0.15, 0.2) is 0 Å². The number of amides is 1. The minimum absolute atomic E-state index is 0.0224. The molecule has 0 aromatic carbocycles. The normalized spacial score (nSPS) is 12.3. The Morgan fingerprint density at radius 2 is 2.39 bits per heavy atom. The van der Waals surface area contributed by atoms with Crippen LogP contribution in [-0.4, -0.2) is 27.1 Å². The lowest BCUT2D eigenvalue weighted by Crippen LogP contribution is -2.33. The Labute approximate surface area is 110 Å². The van der Waals surface area contributed by atoms with Crippen molar-refractivity contribution in [3.63, 3.8) is 0 Å². The fourth-order valence-electron chi connectivity index (χ4n) is 1.55. The maximum Gasteiger partial charge on any atom is 0.255 e. The highest BCUT2D eigenvalue weighted by Gasteiger charge is 2.13. The number of rotatable bonds is 4. The van der Waals surface area contributed by atoms with E-state index in [1.54, 1.807) is 16.9 Å². The van der Waals surface area contributed by atoms with Crippen LogP contribution in [0.3, 0.4) is 0 Å². The first-order valence-electron chi connectivity index (χ1n) is 5.59. The molecule has 2 rings (SSSR count). The van der Waals surface area contributed by atoms with E-state index in [9.17, 15) is 4.79 Å². The van der Waals surface area contributed by atoms with E-state index in [2.05, 4.69) is 10.4 Å². The number of pyridine rings is 1. The van der Waals surface area contributed by atoms with Gasteiger partial charge in [-0.25, -0.2) is 4.52 Å². The van der Waals surface area contributed by atoms with Crippen molar-refractivity contribution in [1.29, 1.82) is 0 Å². The average Bonchev–Trinajstić information content (AvgIpc) is 2.79. The van der Waals surface area contributed by atoms with Gasteiger partial charge in [0.25, 0.3) is 5.91 Å². The van der Waals surface area contributed by atoms with Crippen molar-refractivity contribution in [2.45, 2.75) is 6.92 Å². The van der Waals surface area contributed by atoms with Crippen LogP contribution >= 0.6 is 12.2 Å². The molecule has 0 spiro atoms. The molecule has 1 atom stereocenters. The number of hydrogen-bond donors (Lipinski definition) is 2. The first-order valence-corrected chi connectivity index (χ1v) is 6.00. The molecule has 1 unspecified atom stereocenters. The highest BCUT2D eigenvalue weighted by Crippen LogP contribution is 2.09. The number of aromatic nitrogens is 2. The molecule has 3 N–H and O–H groups in total. The van der Waals surface area contributed by atoms with E-state index in [1.165, 1.54) is 0 Å². The molecule has 18 heavy (non-hydrogen) atoms. The summed E-state index contributed by atoms with van der Waals surface area (Å²) in [6.07, 6.45) is 3.35. The highest BCUT2D eigenvalue weighted by molar-refractivity contribution is 7.80. The number of nitrogens with one attached hydrogen (secondary N) is 1. The monoisotopic (exact) mass is 262 g/mol. The van der Waals surface area contributed by atoms with Gasteiger partial charge >= 0.3 is 0 Å². The van der Waals surface area contributed by atoms with Gasteiger partial charge in [-0.3, -0.25) is 4.79 Å². The zero-order valence-corrected chi connectivity index (χ0v) is 10.8. The molecule has 0 bridgehead atoms. The third-order valence-corrected chi connectivity index (χ3v) is 3.13. The smallest absolute Gasteiger partial charge is 0.255 e. The van der Waals surface area contributed by atoms with Crippen molar-refractivity contribution >= 4 is 28.6 Å². The second kappa shape index (κ2) is 5.14. The summed E-state index contributed by atoms with van der Waals surface area (Å²) in [6.45, 7) is 2.30. The number of carbonyl (C=O) groups excluding carboxylic acids is 1. The minimum Gasteiger partial charge on any atom is -0.393 e. The average molecular weight is 262 g/mol. The Bertz CT molecular complexity index is 593. The molecule has 0 aliphatic heterocycles. The van der Waals surface area contributed by atoms with Crippen molar-refractivity contribution in [3.05, 3.63) is 36.2 Å². The number of nitrogens with two attached hydrogens (primary N) is 1. The Morgan fingerprint density at radius 3 is 3.11 bits per heavy atom. The van der Waals surface area contributed by atoms with Crippen molar-refractivity contribution in [2.75, 3.05) is 6.54 Å². The number of carbonyl (C=O) groups is 1. The summed E-state index contributed by atoms with van der Waals surface area (Å²) in [5.41, 5.74) is 6.82. The fraction of sp³-hybridized carbons (Fsp3) is 0.250. The van der Waals surface area contributed by atoms with Gasteiger partial charge in [0.2, 0.25) is 0 Å². The number of thiocarbonyl (C=S) groups is 1. The molecule has 2 aromatic heterocycles. The van der Waals surface area contributed by atoms with Crippen LogP contribution < -0.4 is 11.1 Å². The van der Waals surface area contributed by atoms with Crippen LogP contribution in [0.5, 0.6) is 0 Å². The quantitative estimate of drug-likeness (QED) is 0.806. The van der Waals surface area contributed by atoms with E-state index in [0.717, 1.165) is 5.52 Å². The lowest BCUT2D eigenvalue weighted by Gasteiger charge is -2.10. The van der Waals surface area contributed by atoms with Crippen LogP contribution in [0.15, 0.2) is 30.6 Å². The van der Waals surface area contributed by atoms with Gasteiger partial charge in [0, 0.05) is 18.7 Å². The maximum atomic E-state index is 12.0. The van der Waals surface area contributed by atoms with E-state index in [0.29, 0.717) is 17.1 Å². The lowest BCUT2D eigenvalue weighted by atomic mass is 10.1. The molecule has 0 fully saturated rings. The van der Waals surface area contributed by atoms with Crippen LogP contribution in [0, 0.1) is 5.92 Å². The third kappa shape index (κ3) is 2.48. The SMILES string of the molecule is CC(CNC(=O)c1cnn2ccccc12)C(N)=S. The molecule has 5 nitrogen and oxygen atoms in total. The topological polar surface area (TPSA) is 72.4 Å². The van der Waals surface area contributed by atoms with Crippen molar-refractivity contribution < 1.29 is 4.79 Å². The number of hydrogen-bond acceptors (Lipinski definition) is 3. The number of nitrogens with zero attached hydrogens (tertiary/aromatic N) is 2. The van der Waals surface area contributed by atoms with Crippen molar-refractivity contribution in [1.82, 2.24) is 14.9 Å². The van der Waals surface area contributed by atoms with Gasteiger partial charge in [-0.1, -0.05) is 25.2 Å². The Balaban J connectivity index is 2.12. The molecular formula is C12H14N4OS. The molecule has 0 saturated carbocycles. The molecule has 2 heterocycles. The zero-order chi connectivity index (χ0) is 13.1. The van der Waals surface area contributed by atoms with E-state index in [4.69, 9.17) is 18.0 Å². The van der Waals surface area contributed by atoms with Crippen LogP contribution in [0.2, 0.25) is 0 Å². The fourth-order valence-corrected chi connectivity index (χ4v) is 1.63. The molecule has 2 aromatic rings. The van der Waals surface area contributed by atoms with E-state index in [-0.39, 0.29) is 11.8 Å². The van der Waals surface area contributed by atoms with Gasteiger partial charge in [-0.15, -0.1) is 0 Å². The van der Waals surface area contributed by atoms with E-state index >= 15 is 0 Å². The largest absolute Gasteiger partial charge is 0.393 e. The summed E-state index contributed by atoms with van der Waals surface area (Å²) in [5.74, 6) is -0.190. The second-order valence-electron chi connectivity index (χ2n) is 4.10. The molecule has 94 valence electrons. The zero-order valence-electron chi connectivity index (χ0n) is 9.96. The first-order chi connectivity index (χ1) is 8.59. The van der Waals surface area contributed by atoms with Crippen molar-refractivity contribution in [2.24, 2.45) is 11.7 Å². The summed E-state index contributed by atoms with van der Waals surface area (Å²) in [4.78, 5) is 12.4. The molecule has 0 aliphatic carbocycles. The Kier molecular flexibility index (Phi) is 3.57. The minimum atomic E-state index is -0.167. The van der Waals surface area contributed by atoms with Crippen LogP contribution in [0.4, 0.5) is 0 Å². The molecule has 0 aliphatic rings. The predicted molar refractivity (Wildman–Crippen MR) is 73.5 cm³/mol. The molecular weight excluding hydrogens is 248 g/mol. The number of fused-ring (bicyclic) bond motifs is 1. The predicted octanol–water partition coefficient (Wildman–Crippen LogP) is 0.986. The Morgan fingerprint density at radius 1 is 1.61 bits per heavy atom. The molecule has 0 radical (unpaired) electrons. The molecule has 6 heteroatoms. The van der Waals surface area contributed by atoms with Gasteiger partial charge < -0.3 is 11.1 Å². The van der Waals surface area contributed by atoms with Crippen LogP contribution in [-0.2, 0) is 0 Å². The second-order valence-corrected chi connectivity index (χ2v) is 4.57. The summed E-state index contributed by atoms with van der Waals surface area (Å²) < 4.78 is 1.66. The van der Waals surface area contributed by atoms with E-state index < -0.39 is 0 Å². The van der Waals surface area contributed by atoms with Gasteiger partial charge in [0.05, 0.1) is 22.3 Å². The summed E-state index contributed by atoms with van der Waals surface area (Å²) in [6, 6.07) is 5.57. The lowest BCUT2D eigenvalue weighted by molar-refractivity contribution is 0.0953. The van der Waals surface area contributed by atoms with E-state index in [1.807, 2.05) is 25.1 Å². The Hall–Kier alpha value is -1.95.